The molecule has 1 saturated heterocycles. The third kappa shape index (κ3) is 5.05. The van der Waals surface area contributed by atoms with E-state index in [9.17, 15) is 19.2 Å². The highest BCUT2D eigenvalue weighted by Gasteiger charge is 2.48. The molecule has 3 rings (SSSR count). The van der Waals surface area contributed by atoms with Gasteiger partial charge in [-0.05, 0) is 69.7 Å². The summed E-state index contributed by atoms with van der Waals surface area (Å²) in [5, 5.41) is 0. The molecule has 0 saturated carbocycles. The van der Waals surface area contributed by atoms with Gasteiger partial charge in [0.2, 0.25) is 5.91 Å². The van der Waals surface area contributed by atoms with Crippen LogP contribution in [0, 0.1) is 0 Å². The van der Waals surface area contributed by atoms with Gasteiger partial charge in [0.15, 0.2) is 11.5 Å². The minimum absolute atomic E-state index is 0.152. The number of esters is 1. The van der Waals surface area contributed by atoms with Gasteiger partial charge in [-0.3, -0.25) is 14.4 Å². The van der Waals surface area contributed by atoms with E-state index in [4.69, 9.17) is 14.2 Å². The van der Waals surface area contributed by atoms with E-state index in [1.54, 1.807) is 25.1 Å². The fourth-order valence-electron chi connectivity index (χ4n) is 4.17. The van der Waals surface area contributed by atoms with Gasteiger partial charge < -0.3 is 19.1 Å². The van der Waals surface area contributed by atoms with Crippen LogP contribution in [0.15, 0.2) is 42.5 Å². The van der Waals surface area contributed by atoms with Gasteiger partial charge in [0.25, 0.3) is 11.8 Å². The number of hydrogen-bond acceptors (Lipinski definition) is 7. The predicted octanol–water partition coefficient (Wildman–Crippen LogP) is 3.84. The molecule has 1 aliphatic heterocycles. The standard InChI is InChI=1S/C27H32N2O7/c1-7-27(3,4)29(24(31)18-11-14-21(34-5)22(15-18)35-6)20-16-23(30)28(25(20)32)19-12-9-17(10-13-19)26(33)36-8-2/h9-15,20H,7-8,16H2,1-6H3. The van der Waals surface area contributed by atoms with Crippen LogP contribution in [-0.4, -0.2) is 61.0 Å². The normalized spacial score (nSPS) is 15.6. The van der Waals surface area contributed by atoms with Crippen LogP contribution in [0.1, 0.15) is 61.3 Å². The van der Waals surface area contributed by atoms with Crippen LogP contribution >= 0.6 is 0 Å². The number of ether oxygens (including phenoxy) is 3. The summed E-state index contributed by atoms with van der Waals surface area (Å²) in [4.78, 5) is 54.9. The smallest absolute Gasteiger partial charge is 0.338 e. The molecule has 0 aliphatic carbocycles. The van der Waals surface area contributed by atoms with Crippen LogP contribution in [0.2, 0.25) is 0 Å². The second-order valence-corrected chi connectivity index (χ2v) is 8.97. The quantitative estimate of drug-likeness (QED) is 0.384. The summed E-state index contributed by atoms with van der Waals surface area (Å²) in [7, 11) is 2.98. The van der Waals surface area contributed by atoms with Crippen molar-refractivity contribution >= 4 is 29.4 Å². The third-order valence-electron chi connectivity index (χ3n) is 6.44. The lowest BCUT2D eigenvalue weighted by Crippen LogP contribution is -2.55. The van der Waals surface area contributed by atoms with E-state index in [0.717, 1.165) is 4.90 Å². The molecule has 0 aromatic heterocycles. The SMILES string of the molecule is CCOC(=O)c1ccc(N2C(=O)CC(N(C(=O)c3ccc(OC)c(OC)c3)C(C)(C)CC)C2=O)cc1. The number of nitrogens with zero attached hydrogens (tertiary/aromatic N) is 2. The molecule has 1 atom stereocenters. The Hall–Kier alpha value is -3.88. The van der Waals surface area contributed by atoms with Gasteiger partial charge in [-0.25, -0.2) is 9.69 Å². The molecule has 0 radical (unpaired) electrons. The minimum atomic E-state index is -0.988. The highest BCUT2D eigenvalue weighted by Crippen LogP contribution is 2.34. The Morgan fingerprint density at radius 1 is 0.972 bits per heavy atom. The number of rotatable bonds is 9. The van der Waals surface area contributed by atoms with E-state index in [0.29, 0.717) is 34.7 Å². The summed E-state index contributed by atoms with van der Waals surface area (Å²) in [6.45, 7) is 7.59. The Morgan fingerprint density at radius 3 is 2.14 bits per heavy atom. The van der Waals surface area contributed by atoms with Crippen LogP contribution in [0.5, 0.6) is 11.5 Å². The van der Waals surface area contributed by atoms with Gasteiger partial charge in [0, 0.05) is 11.1 Å². The van der Waals surface area contributed by atoms with Crippen molar-refractivity contribution in [3.63, 3.8) is 0 Å². The summed E-state index contributed by atoms with van der Waals surface area (Å²) in [5.41, 5.74) is 0.225. The highest BCUT2D eigenvalue weighted by molar-refractivity contribution is 6.23. The maximum Gasteiger partial charge on any atom is 0.338 e. The molecule has 1 aliphatic rings. The largest absolute Gasteiger partial charge is 0.493 e. The van der Waals surface area contributed by atoms with E-state index in [2.05, 4.69) is 0 Å². The van der Waals surface area contributed by atoms with Crippen molar-refractivity contribution in [2.45, 2.75) is 52.1 Å². The van der Waals surface area contributed by atoms with Gasteiger partial charge in [0.1, 0.15) is 6.04 Å². The lowest BCUT2D eigenvalue weighted by atomic mass is 9.94. The molecule has 2 aromatic rings. The number of methoxy groups -OCH3 is 2. The molecule has 36 heavy (non-hydrogen) atoms. The zero-order chi connectivity index (χ0) is 26.6. The van der Waals surface area contributed by atoms with E-state index in [-0.39, 0.29) is 13.0 Å². The van der Waals surface area contributed by atoms with E-state index >= 15 is 0 Å². The molecule has 1 unspecified atom stereocenters. The highest BCUT2D eigenvalue weighted by atomic mass is 16.5. The van der Waals surface area contributed by atoms with Gasteiger partial charge >= 0.3 is 5.97 Å². The van der Waals surface area contributed by atoms with E-state index < -0.39 is 35.3 Å². The van der Waals surface area contributed by atoms with Crippen molar-refractivity contribution in [3.05, 3.63) is 53.6 Å². The van der Waals surface area contributed by atoms with Crippen molar-refractivity contribution in [1.29, 1.82) is 0 Å². The van der Waals surface area contributed by atoms with Crippen LogP contribution in [0.25, 0.3) is 0 Å². The summed E-state index contributed by atoms with van der Waals surface area (Å²) < 4.78 is 15.6. The molecule has 1 heterocycles. The van der Waals surface area contributed by atoms with Crippen molar-refractivity contribution in [2.24, 2.45) is 0 Å². The van der Waals surface area contributed by atoms with Crippen LogP contribution < -0.4 is 14.4 Å². The molecule has 9 heteroatoms. The van der Waals surface area contributed by atoms with Crippen molar-refractivity contribution in [1.82, 2.24) is 4.90 Å². The summed E-state index contributed by atoms with van der Waals surface area (Å²) >= 11 is 0. The second kappa shape index (κ2) is 10.8. The number of amides is 3. The molecule has 192 valence electrons. The number of carbonyl (C=O) groups excluding carboxylic acids is 4. The Bertz CT molecular complexity index is 1160. The maximum atomic E-state index is 13.8. The third-order valence-corrected chi connectivity index (χ3v) is 6.44. The summed E-state index contributed by atoms with van der Waals surface area (Å²) in [6, 6.07) is 9.86. The number of imide groups is 1. The number of hydrogen-bond donors (Lipinski definition) is 0. The lowest BCUT2D eigenvalue weighted by Gasteiger charge is -2.41. The van der Waals surface area contributed by atoms with Gasteiger partial charge in [-0.1, -0.05) is 6.92 Å². The number of anilines is 1. The first-order chi connectivity index (χ1) is 17.1. The molecule has 0 spiro atoms. The Kier molecular flexibility index (Phi) is 8.02. The van der Waals surface area contributed by atoms with Crippen molar-refractivity contribution in [3.8, 4) is 11.5 Å². The fourth-order valence-corrected chi connectivity index (χ4v) is 4.17. The van der Waals surface area contributed by atoms with Crippen molar-refractivity contribution in [2.75, 3.05) is 25.7 Å². The van der Waals surface area contributed by atoms with Gasteiger partial charge in [-0.2, -0.15) is 0 Å². The van der Waals surface area contributed by atoms with Gasteiger partial charge in [-0.15, -0.1) is 0 Å². The zero-order valence-electron chi connectivity index (χ0n) is 21.5. The first-order valence-corrected chi connectivity index (χ1v) is 11.8. The Labute approximate surface area is 210 Å². The maximum absolute atomic E-state index is 13.8. The molecule has 2 aromatic carbocycles. The van der Waals surface area contributed by atoms with Crippen LogP contribution in [0.4, 0.5) is 5.69 Å². The minimum Gasteiger partial charge on any atom is -0.493 e. The lowest BCUT2D eigenvalue weighted by molar-refractivity contribution is -0.123. The average Bonchev–Trinajstić information content (AvgIpc) is 3.16. The molecule has 3 amide bonds. The molecule has 9 nitrogen and oxygen atoms in total. The molecule has 0 N–H and O–H groups in total. The van der Waals surface area contributed by atoms with Gasteiger partial charge in [0.05, 0.1) is 38.5 Å². The second-order valence-electron chi connectivity index (χ2n) is 8.97. The average molecular weight is 497 g/mol. The molecule has 0 bridgehead atoms. The predicted molar refractivity (Wildman–Crippen MR) is 133 cm³/mol. The number of benzene rings is 2. The summed E-state index contributed by atoms with van der Waals surface area (Å²) in [6.07, 6.45) is 0.402. The summed E-state index contributed by atoms with van der Waals surface area (Å²) in [5.74, 6) is -0.953. The van der Waals surface area contributed by atoms with Crippen LogP contribution in [0.3, 0.4) is 0 Å². The van der Waals surface area contributed by atoms with Crippen LogP contribution in [-0.2, 0) is 14.3 Å². The monoisotopic (exact) mass is 496 g/mol. The molecule has 1 fully saturated rings. The first kappa shape index (κ1) is 26.7. The number of carbonyl (C=O) groups is 4. The molecular weight excluding hydrogens is 464 g/mol. The Balaban J connectivity index is 1.96. The Morgan fingerprint density at radius 2 is 1.58 bits per heavy atom. The first-order valence-electron chi connectivity index (χ1n) is 11.8. The van der Waals surface area contributed by atoms with E-state index in [1.165, 1.54) is 43.4 Å². The van der Waals surface area contributed by atoms with Crippen molar-refractivity contribution < 1.29 is 33.4 Å². The topological polar surface area (TPSA) is 102 Å². The zero-order valence-corrected chi connectivity index (χ0v) is 21.5. The molecular formula is C27H32N2O7. The van der Waals surface area contributed by atoms with E-state index in [1.807, 2.05) is 20.8 Å². The fraction of sp³-hybridized carbons (Fsp3) is 0.407.